The van der Waals surface area contributed by atoms with Gasteiger partial charge in [-0.3, -0.25) is 9.78 Å². The molecular weight excluding hydrogens is 444 g/mol. The van der Waals surface area contributed by atoms with Gasteiger partial charge in [-0.25, -0.2) is 0 Å². The number of carbonyl (C=O) groups is 1. The summed E-state index contributed by atoms with van der Waals surface area (Å²) in [6, 6.07) is 20.3. The fourth-order valence-electron chi connectivity index (χ4n) is 4.09. The van der Waals surface area contributed by atoms with E-state index in [9.17, 15) is 4.79 Å². The van der Waals surface area contributed by atoms with Crippen molar-refractivity contribution >= 4 is 16.7 Å². The highest BCUT2D eigenvalue weighted by Crippen LogP contribution is 2.37. The Morgan fingerprint density at radius 3 is 2.14 bits per heavy atom. The molecule has 35 heavy (non-hydrogen) atoms. The van der Waals surface area contributed by atoms with Gasteiger partial charge in [-0.2, -0.15) is 0 Å². The van der Waals surface area contributed by atoms with Crippen molar-refractivity contribution in [1.82, 2.24) is 10.3 Å². The third-order valence-electron chi connectivity index (χ3n) is 5.83. The minimum Gasteiger partial charge on any atom is -0.493 e. The normalized spacial score (nSPS) is 11.5. The molecule has 0 unspecified atom stereocenters. The number of carbonyl (C=O) groups excluding carboxylic acids is 1. The highest BCUT2D eigenvalue weighted by molar-refractivity contribution is 5.89. The summed E-state index contributed by atoms with van der Waals surface area (Å²) >= 11 is 0. The van der Waals surface area contributed by atoms with Crippen LogP contribution in [0, 0.1) is 0 Å². The first-order valence-electron chi connectivity index (χ1n) is 11.1. The van der Waals surface area contributed by atoms with Crippen LogP contribution in [0.2, 0.25) is 0 Å². The molecule has 0 bridgehead atoms. The van der Waals surface area contributed by atoms with E-state index in [1.165, 1.54) is 0 Å². The quantitative estimate of drug-likeness (QED) is 0.380. The molecule has 0 aliphatic carbocycles. The van der Waals surface area contributed by atoms with E-state index in [0.29, 0.717) is 28.7 Å². The highest BCUT2D eigenvalue weighted by Gasteiger charge is 2.23. The molecule has 0 aliphatic rings. The Hall–Kier alpha value is -4.26. The van der Waals surface area contributed by atoms with Crippen molar-refractivity contribution in [3.63, 3.8) is 0 Å². The first kappa shape index (κ1) is 23.9. The van der Waals surface area contributed by atoms with Crippen LogP contribution < -0.4 is 24.3 Å². The molecule has 0 spiro atoms. The number of aromatic nitrogens is 1. The maximum Gasteiger partial charge on any atom is 0.225 e. The summed E-state index contributed by atoms with van der Waals surface area (Å²) in [6.07, 6.45) is 1.97. The summed E-state index contributed by atoms with van der Waals surface area (Å²) in [7, 11) is 6.36. The smallest absolute Gasteiger partial charge is 0.225 e. The van der Waals surface area contributed by atoms with Gasteiger partial charge < -0.3 is 24.3 Å². The average Bonchev–Trinajstić information content (AvgIpc) is 2.90. The van der Waals surface area contributed by atoms with Gasteiger partial charge in [0.05, 0.1) is 46.6 Å². The van der Waals surface area contributed by atoms with Crippen LogP contribution in [0.5, 0.6) is 23.0 Å². The van der Waals surface area contributed by atoms with Gasteiger partial charge in [0.15, 0.2) is 23.0 Å². The first-order valence-corrected chi connectivity index (χ1v) is 11.1. The molecule has 7 nitrogen and oxygen atoms in total. The van der Waals surface area contributed by atoms with E-state index in [0.717, 1.165) is 21.9 Å². The number of hydrogen-bond donors (Lipinski definition) is 1. The topological polar surface area (TPSA) is 78.9 Å². The van der Waals surface area contributed by atoms with Crippen LogP contribution in [0.25, 0.3) is 10.8 Å². The van der Waals surface area contributed by atoms with Gasteiger partial charge in [0.2, 0.25) is 5.91 Å². The molecule has 1 N–H and O–H groups in total. The van der Waals surface area contributed by atoms with Crippen molar-refractivity contribution in [2.24, 2.45) is 0 Å². The van der Waals surface area contributed by atoms with Crippen LogP contribution in [-0.4, -0.2) is 39.3 Å². The molecule has 1 aromatic heterocycles. The molecule has 3 aromatic carbocycles. The van der Waals surface area contributed by atoms with Gasteiger partial charge >= 0.3 is 0 Å². The number of benzene rings is 3. The molecule has 1 atom stereocenters. The van der Waals surface area contributed by atoms with Crippen molar-refractivity contribution in [3.8, 4) is 23.0 Å². The number of nitrogens with zero attached hydrogens (tertiary/aromatic N) is 1. The number of rotatable bonds is 9. The van der Waals surface area contributed by atoms with Crippen LogP contribution in [0.15, 0.2) is 72.9 Å². The Morgan fingerprint density at radius 2 is 1.46 bits per heavy atom. The summed E-state index contributed by atoms with van der Waals surface area (Å²) in [5.41, 5.74) is 2.41. The number of hydrogen-bond acceptors (Lipinski definition) is 6. The van der Waals surface area contributed by atoms with Crippen molar-refractivity contribution in [3.05, 3.63) is 89.7 Å². The third kappa shape index (κ3) is 5.14. The second-order valence-corrected chi connectivity index (χ2v) is 7.90. The van der Waals surface area contributed by atoms with Crippen LogP contribution in [0.1, 0.15) is 22.9 Å². The SMILES string of the molecule is COc1ccc([C@@H](NC(=O)Cc2ccccc2)c2nccc3cc(OC)c(OC)cc23)cc1OC. The number of nitrogens with one attached hydrogen (secondary N) is 1. The second-order valence-electron chi connectivity index (χ2n) is 7.90. The molecule has 0 saturated carbocycles. The van der Waals surface area contributed by atoms with Gasteiger partial charge in [-0.15, -0.1) is 0 Å². The van der Waals surface area contributed by atoms with Crippen LogP contribution in [0.3, 0.4) is 0 Å². The Balaban J connectivity index is 1.83. The van der Waals surface area contributed by atoms with E-state index in [-0.39, 0.29) is 12.3 Å². The lowest BCUT2D eigenvalue weighted by atomic mass is 9.97. The maximum atomic E-state index is 13.2. The van der Waals surface area contributed by atoms with Gasteiger partial charge in [0.25, 0.3) is 0 Å². The van der Waals surface area contributed by atoms with E-state index in [1.54, 1.807) is 34.6 Å². The Kier molecular flexibility index (Phi) is 7.35. The summed E-state index contributed by atoms with van der Waals surface area (Å²) in [5, 5.41) is 4.93. The summed E-state index contributed by atoms with van der Waals surface area (Å²) < 4.78 is 21.9. The van der Waals surface area contributed by atoms with E-state index in [2.05, 4.69) is 10.3 Å². The lowest BCUT2D eigenvalue weighted by Gasteiger charge is -2.22. The highest BCUT2D eigenvalue weighted by atomic mass is 16.5. The largest absolute Gasteiger partial charge is 0.493 e. The zero-order valence-corrected chi connectivity index (χ0v) is 20.2. The lowest BCUT2D eigenvalue weighted by molar-refractivity contribution is -0.120. The van der Waals surface area contributed by atoms with Crippen molar-refractivity contribution in [1.29, 1.82) is 0 Å². The minimum atomic E-state index is -0.548. The fourth-order valence-corrected chi connectivity index (χ4v) is 4.09. The molecule has 1 amide bonds. The first-order chi connectivity index (χ1) is 17.1. The number of fused-ring (bicyclic) bond motifs is 1. The van der Waals surface area contributed by atoms with E-state index < -0.39 is 6.04 Å². The fraction of sp³-hybridized carbons (Fsp3) is 0.214. The van der Waals surface area contributed by atoms with E-state index in [4.69, 9.17) is 18.9 Å². The predicted octanol–water partition coefficient (Wildman–Crippen LogP) is 4.72. The van der Waals surface area contributed by atoms with Crippen LogP contribution >= 0.6 is 0 Å². The Bertz CT molecular complexity index is 1320. The molecule has 0 fully saturated rings. The minimum absolute atomic E-state index is 0.129. The van der Waals surface area contributed by atoms with Crippen LogP contribution in [-0.2, 0) is 11.2 Å². The van der Waals surface area contributed by atoms with E-state index >= 15 is 0 Å². The number of pyridine rings is 1. The average molecular weight is 473 g/mol. The third-order valence-corrected chi connectivity index (χ3v) is 5.83. The molecule has 180 valence electrons. The standard InChI is InChI=1S/C28H28N2O5/c1-32-22-11-10-20(16-23(22)33-2)27(30-26(31)14-18-8-6-5-7-9-18)28-21-17-25(35-4)24(34-3)15-19(21)12-13-29-28/h5-13,15-17,27H,14H2,1-4H3,(H,30,31)/t27-/m1/s1. The van der Waals surface area contributed by atoms with Gasteiger partial charge in [-0.1, -0.05) is 36.4 Å². The molecule has 0 saturated heterocycles. The maximum absolute atomic E-state index is 13.2. The molecule has 4 aromatic rings. The zero-order valence-electron chi connectivity index (χ0n) is 20.2. The van der Waals surface area contributed by atoms with E-state index in [1.807, 2.05) is 66.7 Å². The van der Waals surface area contributed by atoms with Crippen LogP contribution in [0.4, 0.5) is 0 Å². The number of amides is 1. The van der Waals surface area contributed by atoms with Gasteiger partial charge in [0, 0.05) is 11.6 Å². The molecular formula is C28H28N2O5. The molecule has 4 rings (SSSR count). The summed E-state index contributed by atoms with van der Waals surface area (Å²) in [5.74, 6) is 2.23. The predicted molar refractivity (Wildman–Crippen MR) is 135 cm³/mol. The molecule has 0 radical (unpaired) electrons. The van der Waals surface area contributed by atoms with Crippen molar-refractivity contribution in [2.75, 3.05) is 28.4 Å². The lowest BCUT2D eigenvalue weighted by Crippen LogP contribution is -2.31. The molecule has 1 heterocycles. The van der Waals surface area contributed by atoms with Gasteiger partial charge in [-0.05, 0) is 46.8 Å². The molecule has 7 heteroatoms. The van der Waals surface area contributed by atoms with Gasteiger partial charge in [0.1, 0.15) is 0 Å². The monoisotopic (exact) mass is 472 g/mol. The Morgan fingerprint density at radius 1 is 0.800 bits per heavy atom. The Labute approximate surface area is 204 Å². The number of methoxy groups -OCH3 is 4. The zero-order chi connectivity index (χ0) is 24.8. The summed E-state index contributed by atoms with van der Waals surface area (Å²) in [4.78, 5) is 17.9. The molecule has 0 aliphatic heterocycles. The van der Waals surface area contributed by atoms with Crippen molar-refractivity contribution < 1.29 is 23.7 Å². The number of ether oxygens (including phenoxy) is 4. The van der Waals surface area contributed by atoms with Crippen molar-refractivity contribution in [2.45, 2.75) is 12.5 Å². The second kappa shape index (κ2) is 10.8. The summed E-state index contributed by atoms with van der Waals surface area (Å²) in [6.45, 7) is 0.